The van der Waals surface area contributed by atoms with E-state index in [0.29, 0.717) is 24.1 Å². The van der Waals surface area contributed by atoms with Gasteiger partial charge in [-0.2, -0.15) is 0 Å². The number of hydrogen-bond donors (Lipinski definition) is 14. The molecule has 24 nitrogen and oxygen atoms in total. The average molecular weight is 986 g/mol. The van der Waals surface area contributed by atoms with Gasteiger partial charge in [0.25, 0.3) is 0 Å². The van der Waals surface area contributed by atoms with Crippen LogP contribution in [0.15, 0.2) is 41.8 Å². The van der Waals surface area contributed by atoms with Crippen LogP contribution in [-0.2, 0) is 51.2 Å². The van der Waals surface area contributed by atoms with Crippen LogP contribution in [0.2, 0.25) is 0 Å². The lowest BCUT2D eigenvalue weighted by Gasteiger charge is -2.29. The van der Waals surface area contributed by atoms with Crippen LogP contribution in [0.1, 0.15) is 98.8 Å². The fraction of sp³-hybridized carbons (Fsp3) is 0.609. The number of aliphatic hydroxyl groups is 1. The Morgan fingerprint density at radius 1 is 0.671 bits per heavy atom. The Balaban J connectivity index is 2.40. The second-order valence-corrected chi connectivity index (χ2v) is 18.4. The number of rotatable bonds is 30. The molecule has 1 heterocycles. The fourth-order valence-corrected chi connectivity index (χ4v) is 7.08. The molecular weight excluding hydrogens is 911 g/mol. The average Bonchev–Trinajstić information content (AvgIpc) is 3.80. The number of aliphatic imine (C=N–C) groups is 1. The first-order valence-corrected chi connectivity index (χ1v) is 23.4. The topological polar surface area (TPSA) is 401 Å². The van der Waals surface area contributed by atoms with Crippen LogP contribution in [0, 0.1) is 17.8 Å². The number of nitrogens with one attached hydrogen (secondary N) is 8. The van der Waals surface area contributed by atoms with Crippen molar-refractivity contribution in [3.63, 3.8) is 0 Å². The van der Waals surface area contributed by atoms with Gasteiger partial charge in [-0.05, 0) is 75.0 Å². The third kappa shape index (κ3) is 20.8. The number of carbonyl (C=O) groups excluding carboxylic acids is 7. The van der Waals surface area contributed by atoms with Crippen molar-refractivity contribution < 1.29 is 53.7 Å². The molecule has 0 radical (unpaired) electrons. The SMILES string of the molecule is CC[C@H](C)[C@H](NC(=O)[C@@H](N)CC(C)C)C(=O)N[C@H](C(=O)N[C@@H](Cc1ccc(O)cc1)C(=O)N[C@@H](C)C(=O)N[C@@H](Cc1cnc[nH]1)C(=O)N[C@@H](CCCN=C(N)N)C(=O)N[C@@H](CC(C)C)C(=O)O)[C@@H](C)O. The molecule has 390 valence electrons. The van der Waals surface area contributed by atoms with Crippen molar-refractivity contribution >= 4 is 53.3 Å². The number of phenols is 1. The highest BCUT2D eigenvalue weighted by molar-refractivity contribution is 5.98. The number of amides is 7. The van der Waals surface area contributed by atoms with Gasteiger partial charge in [-0.3, -0.25) is 38.6 Å². The van der Waals surface area contributed by atoms with E-state index in [0.717, 1.165) is 0 Å². The van der Waals surface area contributed by atoms with Gasteiger partial charge in [-0.25, -0.2) is 9.78 Å². The number of phenolic OH excluding ortho intramolecular Hbond substituents is 1. The number of imidazole rings is 1. The predicted molar refractivity (Wildman–Crippen MR) is 259 cm³/mol. The number of aliphatic hydroxyl groups excluding tert-OH is 1. The summed E-state index contributed by atoms with van der Waals surface area (Å²) in [5, 5.41) is 48.4. The van der Waals surface area contributed by atoms with Gasteiger partial charge in [0.2, 0.25) is 41.4 Å². The normalized spacial score (nSPS) is 15.5. The molecule has 2 rings (SSSR count). The van der Waals surface area contributed by atoms with Crippen molar-refractivity contribution in [2.24, 2.45) is 39.9 Å². The van der Waals surface area contributed by atoms with Crippen LogP contribution in [0.3, 0.4) is 0 Å². The molecule has 1 aromatic carbocycles. The number of guanidine groups is 1. The number of aliphatic carboxylic acids is 1. The van der Waals surface area contributed by atoms with E-state index in [1.54, 1.807) is 27.7 Å². The molecule has 0 unspecified atom stereocenters. The van der Waals surface area contributed by atoms with E-state index in [-0.39, 0.29) is 62.2 Å². The minimum Gasteiger partial charge on any atom is -0.508 e. The monoisotopic (exact) mass is 986 g/mol. The summed E-state index contributed by atoms with van der Waals surface area (Å²) in [5.74, 6) is -7.75. The van der Waals surface area contributed by atoms with Gasteiger partial charge in [-0.15, -0.1) is 0 Å². The zero-order valence-corrected chi connectivity index (χ0v) is 41.3. The molecule has 70 heavy (non-hydrogen) atoms. The van der Waals surface area contributed by atoms with Crippen LogP contribution >= 0.6 is 0 Å². The number of nitrogens with two attached hydrogens (primary N) is 3. The Bertz CT molecular complexity index is 2060. The molecule has 0 saturated heterocycles. The highest BCUT2D eigenvalue weighted by Gasteiger charge is 2.36. The first kappa shape index (κ1) is 59.3. The largest absolute Gasteiger partial charge is 0.508 e. The van der Waals surface area contributed by atoms with E-state index in [4.69, 9.17) is 17.2 Å². The third-order valence-electron chi connectivity index (χ3n) is 11.2. The summed E-state index contributed by atoms with van der Waals surface area (Å²) >= 11 is 0. The van der Waals surface area contributed by atoms with Gasteiger partial charge in [0.1, 0.15) is 48.0 Å². The van der Waals surface area contributed by atoms with Gasteiger partial charge in [0.05, 0.1) is 18.5 Å². The van der Waals surface area contributed by atoms with Crippen LogP contribution in [0.25, 0.3) is 0 Å². The molecule has 0 saturated carbocycles. The lowest BCUT2D eigenvalue weighted by Crippen LogP contribution is -2.62. The lowest BCUT2D eigenvalue weighted by molar-refractivity contribution is -0.143. The number of nitrogens with zero attached hydrogens (tertiary/aromatic N) is 2. The number of hydrogen-bond acceptors (Lipinski definition) is 13. The molecule has 0 aliphatic heterocycles. The van der Waals surface area contributed by atoms with Gasteiger partial charge in [-0.1, -0.05) is 60.1 Å². The van der Waals surface area contributed by atoms with Crippen molar-refractivity contribution in [1.82, 2.24) is 47.2 Å². The first-order valence-electron chi connectivity index (χ1n) is 23.4. The van der Waals surface area contributed by atoms with Crippen molar-refractivity contribution in [2.75, 3.05) is 6.54 Å². The number of H-pyrrole nitrogens is 1. The quantitative estimate of drug-likeness (QED) is 0.0236. The molecule has 0 fully saturated rings. The number of carboxylic acid groups (broad SMARTS) is 1. The number of aromatic amines is 1. The Morgan fingerprint density at radius 3 is 1.74 bits per heavy atom. The highest BCUT2D eigenvalue weighted by Crippen LogP contribution is 2.14. The zero-order chi connectivity index (χ0) is 52.8. The zero-order valence-electron chi connectivity index (χ0n) is 41.3. The molecule has 0 bridgehead atoms. The Kier molecular flexibility index (Phi) is 24.8. The molecule has 0 aliphatic carbocycles. The molecule has 2 aromatic rings. The van der Waals surface area contributed by atoms with E-state index < -0.39 is 108 Å². The van der Waals surface area contributed by atoms with Gasteiger partial charge >= 0.3 is 5.97 Å². The maximum absolute atomic E-state index is 14.1. The summed E-state index contributed by atoms with van der Waals surface area (Å²) in [7, 11) is 0. The molecular formula is C46H75N13O11. The van der Waals surface area contributed by atoms with Gasteiger partial charge < -0.3 is 74.7 Å². The summed E-state index contributed by atoms with van der Waals surface area (Å²) in [6.45, 7) is 13.5. The molecule has 1 aromatic heterocycles. The maximum Gasteiger partial charge on any atom is 0.326 e. The maximum atomic E-state index is 14.1. The van der Waals surface area contributed by atoms with Crippen LogP contribution in [-0.4, -0.2) is 140 Å². The van der Waals surface area contributed by atoms with Crippen LogP contribution < -0.4 is 54.4 Å². The molecule has 24 heteroatoms. The number of benzene rings is 1. The smallest absolute Gasteiger partial charge is 0.326 e. The summed E-state index contributed by atoms with van der Waals surface area (Å²) < 4.78 is 0. The Hall–Kier alpha value is -6.82. The number of carboxylic acids is 1. The third-order valence-corrected chi connectivity index (χ3v) is 11.2. The lowest BCUT2D eigenvalue weighted by atomic mass is 9.96. The Labute approximate surface area is 408 Å². The van der Waals surface area contributed by atoms with Crippen molar-refractivity contribution in [3.05, 3.63) is 48.0 Å². The molecule has 0 aliphatic rings. The predicted octanol–water partition coefficient (Wildman–Crippen LogP) is -1.70. The second-order valence-electron chi connectivity index (χ2n) is 18.4. The van der Waals surface area contributed by atoms with Gasteiger partial charge in [0, 0.05) is 31.3 Å². The fourth-order valence-electron chi connectivity index (χ4n) is 7.08. The first-order chi connectivity index (χ1) is 32.8. The van der Waals surface area contributed by atoms with E-state index in [9.17, 15) is 53.7 Å². The number of carbonyl (C=O) groups is 8. The minimum absolute atomic E-state index is 0.0323. The number of aromatic hydroxyl groups is 1. The van der Waals surface area contributed by atoms with Crippen molar-refractivity contribution in [2.45, 2.75) is 155 Å². The molecule has 7 amide bonds. The summed E-state index contributed by atoms with van der Waals surface area (Å²) in [4.78, 5) is 119. The van der Waals surface area contributed by atoms with Crippen LogP contribution in [0.5, 0.6) is 5.75 Å². The second kappa shape index (κ2) is 29.3. The summed E-state index contributed by atoms with van der Waals surface area (Å²) in [6.07, 6.45) is 1.92. The molecule has 10 atom stereocenters. The van der Waals surface area contributed by atoms with Gasteiger partial charge in [0.15, 0.2) is 5.96 Å². The van der Waals surface area contributed by atoms with E-state index >= 15 is 0 Å². The summed E-state index contributed by atoms with van der Waals surface area (Å²) in [6, 6.07) is -4.80. The van der Waals surface area contributed by atoms with E-state index in [1.807, 2.05) is 13.8 Å². The van der Waals surface area contributed by atoms with E-state index in [2.05, 4.69) is 52.2 Å². The van der Waals surface area contributed by atoms with Crippen LogP contribution in [0.4, 0.5) is 0 Å². The minimum atomic E-state index is -1.64. The summed E-state index contributed by atoms with van der Waals surface area (Å²) in [5.41, 5.74) is 17.8. The van der Waals surface area contributed by atoms with E-state index in [1.165, 1.54) is 50.6 Å². The highest BCUT2D eigenvalue weighted by atomic mass is 16.4. The number of aromatic nitrogens is 2. The standard InChI is InChI=1S/C46H75N13O11/c1-9-25(6)36(58-39(63)31(47)17-23(2)3)43(67)59-37(27(8)60)44(68)56-33(19-28-12-14-30(61)15-13-28)41(65)53-26(7)38(62)55-34(20-29-21-50-22-52-29)42(66)54-32(11-10-16-51-46(48)49)40(64)57-35(45(69)70)18-24(4)5/h12-15,21-27,31-37,60-61H,9-11,16-20,47H2,1-8H3,(H,50,52)(H,53,65)(H,54,66)(H,55,62)(H,56,68)(H,57,64)(H,58,63)(H,59,67)(H,69,70)(H4,48,49,51)/t25-,26-,27+,31-,32-,33-,34-,35-,36-,37-/m0/s1. The van der Waals surface area contributed by atoms with Crippen molar-refractivity contribution in [1.29, 1.82) is 0 Å². The molecule has 0 spiro atoms. The molecule has 17 N–H and O–H groups in total. The Morgan fingerprint density at radius 2 is 1.20 bits per heavy atom. The van der Waals surface area contributed by atoms with Crippen molar-refractivity contribution in [3.8, 4) is 5.75 Å².